The van der Waals surface area contributed by atoms with Gasteiger partial charge in [0, 0.05) is 18.8 Å². The molecule has 32 heavy (non-hydrogen) atoms. The molecule has 0 aliphatic carbocycles. The molecule has 1 radical (unpaired) electrons. The molecule has 1 aliphatic heterocycles. The first-order chi connectivity index (χ1) is 15.2. The van der Waals surface area contributed by atoms with Gasteiger partial charge in [0.05, 0.1) is 15.7 Å². The topological polar surface area (TPSA) is 85.2 Å². The van der Waals surface area contributed by atoms with Crippen LogP contribution in [-0.2, 0) is 4.79 Å². The number of urea groups is 1. The number of carbonyl (C=O) groups excluding carboxylic acids is 2. The van der Waals surface area contributed by atoms with Crippen molar-refractivity contribution in [2.75, 3.05) is 23.7 Å². The molecule has 8 heteroatoms. The first-order valence-electron chi connectivity index (χ1n) is 10.9. The van der Waals surface area contributed by atoms with Gasteiger partial charge in [-0.2, -0.15) is 0 Å². The standard InChI is InChI=1S/C24H29Cl2N4O2/c1-15(2)14-21(27)23(31)28-18-8-6-16(7-9-18)17-10-12-30(13-11-17)24(32)29-22-19(25)4-3-5-20(22)26/h3-9,15,17,21,27H,10-14H2,1-2H3,(H,28,31)(H,29,32). The molecule has 3 rings (SSSR count). The third-order valence-electron chi connectivity index (χ3n) is 5.65. The summed E-state index contributed by atoms with van der Waals surface area (Å²) in [5, 5.41) is 6.46. The number of benzene rings is 2. The van der Waals surface area contributed by atoms with E-state index >= 15 is 0 Å². The fraction of sp³-hybridized carbons (Fsp3) is 0.417. The molecule has 1 unspecified atom stereocenters. The van der Waals surface area contributed by atoms with E-state index in [1.54, 1.807) is 23.1 Å². The average molecular weight is 476 g/mol. The lowest BCUT2D eigenvalue weighted by Crippen LogP contribution is -2.40. The van der Waals surface area contributed by atoms with E-state index in [0.29, 0.717) is 52.8 Å². The highest BCUT2D eigenvalue weighted by molar-refractivity contribution is 6.39. The van der Waals surface area contributed by atoms with E-state index in [1.807, 2.05) is 38.1 Å². The van der Waals surface area contributed by atoms with Crippen LogP contribution in [0.1, 0.15) is 44.6 Å². The number of carbonyl (C=O) groups is 2. The molecule has 2 aromatic carbocycles. The molecule has 171 valence electrons. The Balaban J connectivity index is 1.51. The van der Waals surface area contributed by atoms with Crippen LogP contribution in [0.3, 0.4) is 0 Å². The Kier molecular flexibility index (Phi) is 8.40. The van der Waals surface area contributed by atoms with Crippen molar-refractivity contribution >= 4 is 46.5 Å². The van der Waals surface area contributed by atoms with Crippen molar-refractivity contribution in [3.05, 3.63) is 58.1 Å². The molecule has 2 aromatic rings. The van der Waals surface area contributed by atoms with Gasteiger partial charge in [-0.05, 0) is 60.9 Å². The van der Waals surface area contributed by atoms with Gasteiger partial charge in [-0.1, -0.05) is 55.2 Å². The predicted octanol–water partition coefficient (Wildman–Crippen LogP) is 6.04. The van der Waals surface area contributed by atoms with Crippen molar-refractivity contribution in [3.8, 4) is 0 Å². The second-order valence-electron chi connectivity index (χ2n) is 8.58. The number of hydrogen-bond acceptors (Lipinski definition) is 2. The fourth-order valence-corrected chi connectivity index (χ4v) is 4.36. The van der Waals surface area contributed by atoms with Crippen molar-refractivity contribution in [2.45, 2.75) is 45.1 Å². The number of para-hydroxylation sites is 1. The largest absolute Gasteiger partial charge is 0.325 e. The molecule has 1 fully saturated rings. The molecular weight excluding hydrogens is 447 g/mol. The van der Waals surface area contributed by atoms with E-state index in [1.165, 1.54) is 5.56 Å². The second kappa shape index (κ2) is 11.0. The summed E-state index contributed by atoms with van der Waals surface area (Å²) in [6, 6.07) is 11.9. The first-order valence-corrected chi connectivity index (χ1v) is 11.6. The SMILES string of the molecule is CC(C)CC([NH])C(=O)Nc1ccc(C2CCN(C(=O)Nc3c(Cl)cccc3Cl)CC2)cc1. The van der Waals surface area contributed by atoms with Gasteiger partial charge >= 0.3 is 6.03 Å². The van der Waals surface area contributed by atoms with E-state index < -0.39 is 6.04 Å². The number of amides is 3. The molecule has 3 N–H and O–H groups in total. The maximum absolute atomic E-state index is 12.6. The molecule has 3 amide bonds. The highest BCUT2D eigenvalue weighted by Gasteiger charge is 2.25. The van der Waals surface area contributed by atoms with Crippen LogP contribution in [-0.4, -0.2) is 36.0 Å². The van der Waals surface area contributed by atoms with Gasteiger partial charge in [-0.15, -0.1) is 0 Å². The summed E-state index contributed by atoms with van der Waals surface area (Å²) in [6.07, 6.45) is 2.23. The summed E-state index contributed by atoms with van der Waals surface area (Å²) in [5.41, 5.74) is 10.3. The molecule has 1 atom stereocenters. The maximum atomic E-state index is 12.6. The summed E-state index contributed by atoms with van der Waals surface area (Å²) >= 11 is 12.3. The number of anilines is 2. The Morgan fingerprint density at radius 3 is 2.19 bits per heavy atom. The molecule has 0 aromatic heterocycles. The van der Waals surface area contributed by atoms with Crippen molar-refractivity contribution < 1.29 is 9.59 Å². The summed E-state index contributed by atoms with van der Waals surface area (Å²) in [6.45, 7) is 5.27. The smallest absolute Gasteiger partial charge is 0.321 e. The number of nitrogens with zero attached hydrogens (tertiary/aromatic N) is 1. The molecule has 6 nitrogen and oxygen atoms in total. The minimum Gasteiger partial charge on any atom is -0.325 e. The molecule has 1 heterocycles. The molecule has 0 spiro atoms. The molecule has 1 aliphatic rings. The van der Waals surface area contributed by atoms with Crippen molar-refractivity contribution in [2.24, 2.45) is 5.92 Å². The maximum Gasteiger partial charge on any atom is 0.321 e. The number of rotatable bonds is 6. The Morgan fingerprint density at radius 1 is 1.03 bits per heavy atom. The highest BCUT2D eigenvalue weighted by Crippen LogP contribution is 2.32. The molecule has 0 saturated carbocycles. The highest BCUT2D eigenvalue weighted by atomic mass is 35.5. The average Bonchev–Trinajstić information content (AvgIpc) is 2.76. The first kappa shape index (κ1) is 24.4. The van der Waals surface area contributed by atoms with E-state index in [4.69, 9.17) is 28.9 Å². The third kappa shape index (κ3) is 6.37. The zero-order chi connectivity index (χ0) is 23.3. The van der Waals surface area contributed by atoms with E-state index in [9.17, 15) is 9.59 Å². The zero-order valence-electron chi connectivity index (χ0n) is 18.3. The lowest BCUT2D eigenvalue weighted by molar-refractivity contribution is -0.117. The van der Waals surface area contributed by atoms with Gasteiger partial charge in [-0.25, -0.2) is 10.5 Å². The van der Waals surface area contributed by atoms with Gasteiger partial charge in [-0.3, -0.25) is 4.79 Å². The molecule has 0 bridgehead atoms. The van der Waals surface area contributed by atoms with Crippen LogP contribution >= 0.6 is 23.2 Å². The Hall–Kier alpha value is -2.28. The van der Waals surface area contributed by atoms with Crippen LogP contribution < -0.4 is 16.4 Å². The van der Waals surface area contributed by atoms with Gasteiger partial charge in [0.1, 0.15) is 6.04 Å². The van der Waals surface area contributed by atoms with Crippen molar-refractivity contribution in [1.82, 2.24) is 10.6 Å². The van der Waals surface area contributed by atoms with Crippen LogP contribution in [0.2, 0.25) is 10.0 Å². The number of nitrogens with one attached hydrogen (secondary N) is 3. The van der Waals surface area contributed by atoms with Crippen LogP contribution in [0.5, 0.6) is 0 Å². The predicted molar refractivity (Wildman–Crippen MR) is 130 cm³/mol. The summed E-state index contributed by atoms with van der Waals surface area (Å²) in [4.78, 5) is 26.5. The van der Waals surface area contributed by atoms with Crippen molar-refractivity contribution in [3.63, 3.8) is 0 Å². The van der Waals surface area contributed by atoms with Crippen LogP contribution in [0.4, 0.5) is 16.2 Å². The number of likely N-dealkylation sites (tertiary alicyclic amines) is 1. The Morgan fingerprint density at radius 2 is 1.62 bits per heavy atom. The lowest BCUT2D eigenvalue weighted by Gasteiger charge is -2.32. The zero-order valence-corrected chi connectivity index (χ0v) is 19.8. The molecular formula is C24H29Cl2N4O2. The van der Waals surface area contributed by atoms with Crippen LogP contribution in [0.15, 0.2) is 42.5 Å². The summed E-state index contributed by atoms with van der Waals surface area (Å²) in [7, 11) is 0. The van der Waals surface area contributed by atoms with Gasteiger partial charge in [0.2, 0.25) is 5.91 Å². The van der Waals surface area contributed by atoms with Gasteiger partial charge < -0.3 is 15.5 Å². The summed E-state index contributed by atoms with van der Waals surface area (Å²) in [5.74, 6) is 0.377. The second-order valence-corrected chi connectivity index (χ2v) is 9.40. The van der Waals surface area contributed by atoms with Crippen LogP contribution in [0, 0.1) is 5.92 Å². The monoisotopic (exact) mass is 475 g/mol. The van der Waals surface area contributed by atoms with E-state index in [-0.39, 0.29) is 11.9 Å². The third-order valence-corrected chi connectivity index (χ3v) is 6.28. The van der Waals surface area contributed by atoms with Crippen LogP contribution in [0.25, 0.3) is 0 Å². The number of halogens is 2. The Bertz CT molecular complexity index is 921. The fourth-order valence-electron chi connectivity index (χ4n) is 3.87. The minimum atomic E-state index is -0.759. The quantitative estimate of drug-likeness (QED) is 0.533. The lowest BCUT2D eigenvalue weighted by atomic mass is 9.89. The number of piperidine rings is 1. The number of hydrogen-bond donors (Lipinski definition) is 2. The van der Waals surface area contributed by atoms with Gasteiger partial charge in [0.25, 0.3) is 0 Å². The Labute approximate surface area is 199 Å². The van der Waals surface area contributed by atoms with E-state index in [0.717, 1.165) is 12.8 Å². The molecule has 1 saturated heterocycles. The summed E-state index contributed by atoms with van der Waals surface area (Å²) < 4.78 is 0. The normalized spacial score (nSPS) is 15.5. The van der Waals surface area contributed by atoms with E-state index in [2.05, 4.69) is 10.6 Å². The minimum absolute atomic E-state index is 0.206. The van der Waals surface area contributed by atoms with Gasteiger partial charge in [0.15, 0.2) is 0 Å². The van der Waals surface area contributed by atoms with Crippen molar-refractivity contribution in [1.29, 1.82) is 0 Å².